The number of hydrogen-bond donors (Lipinski definition) is 2. The summed E-state index contributed by atoms with van der Waals surface area (Å²) in [7, 11) is 0.298. The Morgan fingerprint density at radius 3 is 2.50 bits per heavy atom. The SMILES string of the molecule is CC(CN(C)C)NS(=O)(=O)c1ccccc1CN. The van der Waals surface area contributed by atoms with Crippen molar-refractivity contribution >= 4 is 10.0 Å². The number of sulfonamides is 1. The molecule has 3 N–H and O–H groups in total. The number of nitrogens with two attached hydrogens (primary N) is 1. The van der Waals surface area contributed by atoms with Crippen molar-refractivity contribution < 1.29 is 8.42 Å². The molecule has 0 saturated carbocycles. The summed E-state index contributed by atoms with van der Waals surface area (Å²) < 4.78 is 27.1. The first-order valence-corrected chi connectivity index (χ1v) is 7.30. The summed E-state index contributed by atoms with van der Waals surface area (Å²) in [6, 6.07) is 6.63. The van der Waals surface area contributed by atoms with Gasteiger partial charge in [-0.05, 0) is 32.6 Å². The minimum Gasteiger partial charge on any atom is -0.326 e. The quantitative estimate of drug-likeness (QED) is 0.784. The minimum atomic E-state index is -3.50. The first kappa shape index (κ1) is 15.1. The van der Waals surface area contributed by atoms with Crippen molar-refractivity contribution in [2.75, 3.05) is 20.6 Å². The average molecular weight is 271 g/mol. The van der Waals surface area contributed by atoms with Crippen LogP contribution in [-0.4, -0.2) is 40.0 Å². The molecule has 0 saturated heterocycles. The van der Waals surface area contributed by atoms with E-state index in [-0.39, 0.29) is 17.5 Å². The van der Waals surface area contributed by atoms with Crippen molar-refractivity contribution in [3.8, 4) is 0 Å². The fourth-order valence-electron chi connectivity index (χ4n) is 1.85. The topological polar surface area (TPSA) is 75.4 Å². The van der Waals surface area contributed by atoms with Crippen LogP contribution in [0.15, 0.2) is 29.2 Å². The fraction of sp³-hybridized carbons (Fsp3) is 0.500. The molecule has 0 radical (unpaired) electrons. The van der Waals surface area contributed by atoms with Crippen LogP contribution in [0.5, 0.6) is 0 Å². The third-order valence-corrected chi connectivity index (χ3v) is 4.17. The molecule has 0 bridgehead atoms. The van der Waals surface area contributed by atoms with Crippen molar-refractivity contribution in [1.82, 2.24) is 9.62 Å². The van der Waals surface area contributed by atoms with Gasteiger partial charge in [-0.25, -0.2) is 13.1 Å². The molecule has 5 nitrogen and oxygen atoms in total. The number of likely N-dealkylation sites (N-methyl/N-ethyl adjacent to an activating group) is 1. The minimum absolute atomic E-state index is 0.157. The summed E-state index contributed by atoms with van der Waals surface area (Å²) in [6.45, 7) is 2.69. The van der Waals surface area contributed by atoms with Gasteiger partial charge in [0.05, 0.1) is 4.90 Å². The molecule has 0 aliphatic rings. The van der Waals surface area contributed by atoms with Crippen molar-refractivity contribution in [3.63, 3.8) is 0 Å². The Balaban J connectivity index is 2.93. The highest BCUT2D eigenvalue weighted by atomic mass is 32.2. The summed E-state index contributed by atoms with van der Waals surface area (Å²) in [5.74, 6) is 0. The molecule has 6 heteroatoms. The lowest BCUT2D eigenvalue weighted by Gasteiger charge is -2.19. The van der Waals surface area contributed by atoms with E-state index >= 15 is 0 Å². The van der Waals surface area contributed by atoms with Crippen LogP contribution in [0, 0.1) is 0 Å². The van der Waals surface area contributed by atoms with Crippen LogP contribution in [-0.2, 0) is 16.6 Å². The van der Waals surface area contributed by atoms with E-state index in [1.807, 2.05) is 25.9 Å². The molecule has 1 atom stereocenters. The molecule has 1 aromatic carbocycles. The molecule has 1 rings (SSSR count). The van der Waals surface area contributed by atoms with E-state index in [0.717, 1.165) is 0 Å². The largest absolute Gasteiger partial charge is 0.326 e. The number of nitrogens with zero attached hydrogens (tertiary/aromatic N) is 1. The summed E-state index contributed by atoms with van der Waals surface area (Å²) >= 11 is 0. The second-order valence-electron chi connectivity index (χ2n) is 4.60. The predicted molar refractivity (Wildman–Crippen MR) is 72.7 cm³/mol. The second kappa shape index (κ2) is 6.29. The standard InChI is InChI=1S/C12H21N3O2S/c1-10(9-15(2)3)14-18(16,17)12-7-5-4-6-11(12)8-13/h4-7,10,14H,8-9,13H2,1-3H3. The molecule has 0 fully saturated rings. The first-order chi connectivity index (χ1) is 8.36. The highest BCUT2D eigenvalue weighted by molar-refractivity contribution is 7.89. The van der Waals surface area contributed by atoms with Gasteiger partial charge in [-0.15, -0.1) is 0 Å². The molecule has 0 heterocycles. The zero-order chi connectivity index (χ0) is 13.8. The van der Waals surface area contributed by atoms with E-state index in [9.17, 15) is 8.42 Å². The first-order valence-electron chi connectivity index (χ1n) is 5.82. The van der Waals surface area contributed by atoms with Gasteiger partial charge in [-0.2, -0.15) is 0 Å². The zero-order valence-electron chi connectivity index (χ0n) is 11.1. The van der Waals surface area contributed by atoms with E-state index in [0.29, 0.717) is 12.1 Å². The van der Waals surface area contributed by atoms with Gasteiger partial charge in [-0.1, -0.05) is 18.2 Å². The lowest BCUT2D eigenvalue weighted by molar-refractivity contribution is 0.370. The maximum absolute atomic E-state index is 12.2. The van der Waals surface area contributed by atoms with Crippen LogP contribution in [0.1, 0.15) is 12.5 Å². The van der Waals surface area contributed by atoms with Gasteiger partial charge in [0, 0.05) is 19.1 Å². The van der Waals surface area contributed by atoms with Crippen LogP contribution in [0.25, 0.3) is 0 Å². The number of hydrogen-bond acceptors (Lipinski definition) is 4. The van der Waals surface area contributed by atoms with Gasteiger partial charge >= 0.3 is 0 Å². The van der Waals surface area contributed by atoms with Crippen LogP contribution in [0.2, 0.25) is 0 Å². The third kappa shape index (κ3) is 4.06. The Hall–Kier alpha value is -0.950. The Morgan fingerprint density at radius 2 is 1.94 bits per heavy atom. The Morgan fingerprint density at radius 1 is 1.33 bits per heavy atom. The molecular weight excluding hydrogens is 250 g/mol. The van der Waals surface area contributed by atoms with E-state index in [4.69, 9.17) is 5.73 Å². The molecule has 102 valence electrons. The zero-order valence-corrected chi connectivity index (χ0v) is 11.9. The van der Waals surface area contributed by atoms with E-state index < -0.39 is 10.0 Å². The van der Waals surface area contributed by atoms with Crippen molar-refractivity contribution in [1.29, 1.82) is 0 Å². The molecule has 0 aromatic heterocycles. The second-order valence-corrected chi connectivity index (χ2v) is 6.28. The third-order valence-electron chi connectivity index (χ3n) is 2.48. The van der Waals surface area contributed by atoms with Crippen molar-refractivity contribution in [2.24, 2.45) is 5.73 Å². The average Bonchev–Trinajstić information content (AvgIpc) is 2.27. The highest BCUT2D eigenvalue weighted by Crippen LogP contribution is 2.15. The number of nitrogens with one attached hydrogen (secondary N) is 1. The van der Waals surface area contributed by atoms with Gasteiger partial charge in [0.2, 0.25) is 10.0 Å². The molecule has 18 heavy (non-hydrogen) atoms. The van der Waals surface area contributed by atoms with Crippen LogP contribution in [0.4, 0.5) is 0 Å². The maximum Gasteiger partial charge on any atom is 0.241 e. The Kier molecular flexibility index (Phi) is 5.28. The predicted octanol–water partition coefficient (Wildman–Crippen LogP) is 0.374. The van der Waals surface area contributed by atoms with Gasteiger partial charge in [-0.3, -0.25) is 0 Å². The van der Waals surface area contributed by atoms with Crippen molar-refractivity contribution in [2.45, 2.75) is 24.4 Å². The maximum atomic E-state index is 12.2. The fourth-order valence-corrected chi connectivity index (χ4v) is 3.33. The summed E-state index contributed by atoms with van der Waals surface area (Å²) in [6.07, 6.45) is 0. The molecular formula is C12H21N3O2S. The molecule has 0 amide bonds. The lowest BCUT2D eigenvalue weighted by Crippen LogP contribution is -2.39. The Bertz CT molecular complexity index is 486. The lowest BCUT2D eigenvalue weighted by atomic mass is 10.2. The normalized spacial score (nSPS) is 13.8. The van der Waals surface area contributed by atoms with Crippen LogP contribution < -0.4 is 10.5 Å². The molecule has 0 aliphatic carbocycles. The summed E-state index contributed by atoms with van der Waals surface area (Å²) in [5.41, 5.74) is 6.19. The van der Waals surface area contributed by atoms with E-state index in [2.05, 4.69) is 4.72 Å². The van der Waals surface area contributed by atoms with Gasteiger partial charge in [0.25, 0.3) is 0 Å². The van der Waals surface area contributed by atoms with Crippen molar-refractivity contribution in [3.05, 3.63) is 29.8 Å². The summed E-state index contributed by atoms with van der Waals surface area (Å²) in [5, 5.41) is 0. The van der Waals surface area contributed by atoms with E-state index in [1.54, 1.807) is 24.3 Å². The highest BCUT2D eigenvalue weighted by Gasteiger charge is 2.20. The van der Waals surface area contributed by atoms with Crippen LogP contribution >= 0.6 is 0 Å². The van der Waals surface area contributed by atoms with E-state index in [1.165, 1.54) is 0 Å². The molecule has 1 unspecified atom stereocenters. The van der Waals surface area contributed by atoms with Gasteiger partial charge in [0.15, 0.2) is 0 Å². The molecule has 0 aliphatic heterocycles. The smallest absolute Gasteiger partial charge is 0.241 e. The number of benzene rings is 1. The Labute approximate surface area is 109 Å². The monoisotopic (exact) mass is 271 g/mol. The number of rotatable bonds is 6. The molecule has 1 aromatic rings. The summed E-state index contributed by atoms with van der Waals surface area (Å²) in [4.78, 5) is 2.19. The van der Waals surface area contributed by atoms with Gasteiger partial charge in [0.1, 0.15) is 0 Å². The van der Waals surface area contributed by atoms with Gasteiger partial charge < -0.3 is 10.6 Å². The molecule has 0 spiro atoms. The van der Waals surface area contributed by atoms with Crippen LogP contribution in [0.3, 0.4) is 0 Å².